The second kappa shape index (κ2) is 8.23. The number of nitrogens with one attached hydrogen (secondary N) is 1. The molecular weight excluding hydrogens is 422 g/mol. The number of β-lactam (4-membered cyclic amide) rings is 1. The zero-order chi connectivity index (χ0) is 22.9. The summed E-state index contributed by atoms with van der Waals surface area (Å²) in [6.45, 7) is 4.91. The van der Waals surface area contributed by atoms with Gasteiger partial charge < -0.3 is 26.1 Å². The van der Waals surface area contributed by atoms with Crippen molar-refractivity contribution in [3.63, 3.8) is 0 Å². The number of carboxylic acids is 2. The molecule has 0 bridgehead atoms. The van der Waals surface area contributed by atoms with Gasteiger partial charge in [-0.25, -0.2) is 19.6 Å². The fourth-order valence-electron chi connectivity index (χ4n) is 1.93. The number of rotatable bonds is 9. The third-order valence-electron chi connectivity index (χ3n) is 3.91. The third-order valence-corrected chi connectivity index (χ3v) is 4.58. The lowest BCUT2D eigenvalue weighted by molar-refractivity contribution is -0.256. The molecule has 2 rings (SSSR count). The SMILES string of the molecule is CC(C)(O/N=C(\C(=O)N[C@H]1CN(OC(C)(C)C(=O)O)C1=O)c1csc(N)n1)C(=O)O. The van der Waals surface area contributed by atoms with Gasteiger partial charge in [-0.2, -0.15) is 0 Å². The molecule has 14 heteroatoms. The first kappa shape index (κ1) is 23.0. The Bertz CT molecular complexity index is 909. The van der Waals surface area contributed by atoms with Crippen LogP contribution in [0, 0.1) is 0 Å². The minimum atomic E-state index is -1.73. The van der Waals surface area contributed by atoms with E-state index in [1.165, 1.54) is 33.1 Å². The smallest absolute Gasteiger partial charge is 0.350 e. The molecule has 1 saturated heterocycles. The van der Waals surface area contributed by atoms with Crippen LogP contribution in [0.5, 0.6) is 0 Å². The van der Waals surface area contributed by atoms with Crippen molar-refractivity contribution in [2.45, 2.75) is 44.9 Å². The molecule has 1 aliphatic heterocycles. The van der Waals surface area contributed by atoms with Gasteiger partial charge in [-0.3, -0.25) is 14.4 Å². The molecule has 1 atom stereocenters. The second-order valence-corrected chi connectivity index (χ2v) is 8.14. The average Bonchev–Trinajstić information content (AvgIpc) is 3.06. The van der Waals surface area contributed by atoms with Crippen molar-refractivity contribution < 1.29 is 39.1 Å². The maximum Gasteiger partial charge on any atom is 0.350 e. The fraction of sp³-hybridized carbons (Fsp3) is 0.500. The number of amides is 2. The number of nitrogens with zero attached hydrogens (tertiary/aromatic N) is 3. The normalized spacial score (nSPS) is 17.3. The molecule has 0 radical (unpaired) electrons. The van der Waals surface area contributed by atoms with Gasteiger partial charge in [0.05, 0.1) is 6.54 Å². The summed E-state index contributed by atoms with van der Waals surface area (Å²) in [5, 5.41) is 26.6. The van der Waals surface area contributed by atoms with Crippen LogP contribution >= 0.6 is 11.3 Å². The maximum absolute atomic E-state index is 12.6. The monoisotopic (exact) mass is 443 g/mol. The number of thiazole rings is 1. The summed E-state index contributed by atoms with van der Waals surface area (Å²) in [6, 6.07) is -1.00. The van der Waals surface area contributed by atoms with E-state index in [1.54, 1.807) is 0 Å². The number of aromatic nitrogens is 1. The van der Waals surface area contributed by atoms with Crippen LogP contribution in [-0.4, -0.2) is 73.5 Å². The number of carboxylic acid groups (broad SMARTS) is 2. The van der Waals surface area contributed by atoms with Crippen LogP contribution in [0.2, 0.25) is 0 Å². The Labute approximate surface area is 174 Å². The maximum atomic E-state index is 12.6. The van der Waals surface area contributed by atoms with Gasteiger partial charge in [0.2, 0.25) is 5.60 Å². The first-order valence-electron chi connectivity index (χ1n) is 8.50. The van der Waals surface area contributed by atoms with Gasteiger partial charge in [0.15, 0.2) is 16.4 Å². The Kier molecular flexibility index (Phi) is 6.32. The average molecular weight is 443 g/mol. The van der Waals surface area contributed by atoms with E-state index in [-0.39, 0.29) is 23.1 Å². The van der Waals surface area contributed by atoms with Crippen LogP contribution in [0.4, 0.5) is 5.13 Å². The lowest BCUT2D eigenvalue weighted by Gasteiger charge is -2.40. The van der Waals surface area contributed by atoms with Crippen LogP contribution in [0.15, 0.2) is 10.5 Å². The van der Waals surface area contributed by atoms with Crippen LogP contribution in [-0.2, 0) is 28.9 Å². The number of hydrogen-bond acceptors (Lipinski definition) is 10. The number of carbonyl (C=O) groups excluding carboxylic acids is 2. The van der Waals surface area contributed by atoms with Crippen molar-refractivity contribution in [3.8, 4) is 0 Å². The molecule has 164 valence electrons. The van der Waals surface area contributed by atoms with Crippen LogP contribution in [0.1, 0.15) is 33.4 Å². The van der Waals surface area contributed by atoms with Gasteiger partial charge in [-0.05, 0) is 27.7 Å². The van der Waals surface area contributed by atoms with E-state index in [0.29, 0.717) is 0 Å². The van der Waals surface area contributed by atoms with Gasteiger partial charge in [0.1, 0.15) is 11.7 Å². The van der Waals surface area contributed by atoms with Gasteiger partial charge >= 0.3 is 11.9 Å². The molecule has 13 nitrogen and oxygen atoms in total. The topological polar surface area (TPSA) is 194 Å². The zero-order valence-electron chi connectivity index (χ0n) is 16.5. The molecule has 30 heavy (non-hydrogen) atoms. The summed E-state index contributed by atoms with van der Waals surface area (Å²) in [5.41, 5.74) is 1.86. The minimum Gasteiger partial charge on any atom is -0.479 e. The summed E-state index contributed by atoms with van der Waals surface area (Å²) in [7, 11) is 0. The molecule has 2 heterocycles. The van der Waals surface area contributed by atoms with Crippen molar-refractivity contribution in [2.24, 2.45) is 5.16 Å². The molecule has 1 aromatic rings. The highest BCUT2D eigenvalue weighted by atomic mass is 32.1. The Morgan fingerprint density at radius 2 is 1.87 bits per heavy atom. The standard InChI is InChI=1S/C16H21N5O8S/c1-15(2,12(24)25)28-20-9(8-6-30-14(17)19-8)10(22)18-7-5-21(11(7)23)29-16(3,4)13(26)27/h6-7H,5H2,1-4H3,(H2,17,19)(H,18,22)(H,24,25)(H,26,27)/b20-9-/t7-/m0/s1. The van der Waals surface area contributed by atoms with Gasteiger partial charge in [-0.15, -0.1) is 11.3 Å². The minimum absolute atomic E-state index is 0.0306. The molecule has 0 aromatic carbocycles. The van der Waals surface area contributed by atoms with Crippen LogP contribution < -0.4 is 11.1 Å². The van der Waals surface area contributed by atoms with Crippen molar-refractivity contribution in [2.75, 3.05) is 12.3 Å². The van der Waals surface area contributed by atoms with E-state index in [4.69, 9.17) is 25.6 Å². The predicted octanol–water partition coefficient (Wildman–Crippen LogP) is -0.569. The zero-order valence-corrected chi connectivity index (χ0v) is 17.3. The van der Waals surface area contributed by atoms with E-state index in [0.717, 1.165) is 16.4 Å². The Balaban J connectivity index is 2.12. The first-order valence-corrected chi connectivity index (χ1v) is 9.38. The Hall–Kier alpha value is -3.26. The number of hydrogen-bond donors (Lipinski definition) is 4. The molecule has 5 N–H and O–H groups in total. The first-order chi connectivity index (χ1) is 13.7. The van der Waals surface area contributed by atoms with E-state index < -0.39 is 41.0 Å². The molecule has 2 amide bonds. The summed E-state index contributed by atoms with van der Waals surface area (Å²) < 4.78 is 0. The van der Waals surface area contributed by atoms with Crippen molar-refractivity contribution in [1.82, 2.24) is 15.4 Å². The molecular formula is C16H21N5O8S. The van der Waals surface area contributed by atoms with E-state index in [2.05, 4.69) is 15.5 Å². The highest BCUT2D eigenvalue weighted by Crippen LogP contribution is 2.20. The van der Waals surface area contributed by atoms with Gasteiger partial charge in [-0.1, -0.05) is 5.16 Å². The number of carbonyl (C=O) groups is 4. The summed E-state index contributed by atoms with van der Waals surface area (Å²) in [4.78, 5) is 61.1. The summed E-state index contributed by atoms with van der Waals surface area (Å²) >= 11 is 1.02. The molecule has 1 aliphatic rings. The van der Waals surface area contributed by atoms with Crippen molar-refractivity contribution >= 4 is 45.9 Å². The summed E-state index contributed by atoms with van der Waals surface area (Å²) in [5.74, 6) is -4.11. The lowest BCUT2D eigenvalue weighted by Crippen LogP contribution is -2.66. The number of aliphatic carboxylic acids is 2. The fourth-order valence-corrected chi connectivity index (χ4v) is 2.47. The predicted molar refractivity (Wildman–Crippen MR) is 102 cm³/mol. The highest BCUT2D eigenvalue weighted by molar-refractivity contribution is 7.13. The highest BCUT2D eigenvalue weighted by Gasteiger charge is 2.44. The molecule has 1 aromatic heterocycles. The van der Waals surface area contributed by atoms with E-state index in [9.17, 15) is 19.2 Å². The number of hydroxylamine groups is 2. The lowest BCUT2D eigenvalue weighted by atomic mass is 10.1. The number of oxime groups is 1. The van der Waals surface area contributed by atoms with Crippen LogP contribution in [0.3, 0.4) is 0 Å². The van der Waals surface area contributed by atoms with Crippen molar-refractivity contribution in [1.29, 1.82) is 0 Å². The van der Waals surface area contributed by atoms with E-state index >= 15 is 0 Å². The second-order valence-electron chi connectivity index (χ2n) is 7.25. The molecule has 0 aliphatic carbocycles. The quantitative estimate of drug-likeness (QED) is 0.218. The Morgan fingerprint density at radius 1 is 1.27 bits per heavy atom. The van der Waals surface area contributed by atoms with Gasteiger partial charge in [0, 0.05) is 5.38 Å². The summed E-state index contributed by atoms with van der Waals surface area (Å²) in [6.07, 6.45) is 0. The molecule has 1 fully saturated rings. The van der Waals surface area contributed by atoms with Crippen molar-refractivity contribution in [3.05, 3.63) is 11.1 Å². The number of nitrogen functional groups attached to an aromatic ring is 1. The molecule has 0 saturated carbocycles. The Morgan fingerprint density at radius 3 is 2.33 bits per heavy atom. The van der Waals surface area contributed by atoms with Crippen LogP contribution in [0.25, 0.3) is 0 Å². The van der Waals surface area contributed by atoms with E-state index in [1.807, 2.05) is 0 Å². The third kappa shape index (κ3) is 5.01. The molecule has 0 unspecified atom stereocenters. The largest absolute Gasteiger partial charge is 0.479 e. The number of nitrogens with two attached hydrogens (primary N) is 1. The van der Waals surface area contributed by atoms with Gasteiger partial charge in [0.25, 0.3) is 11.8 Å². The number of anilines is 1. The molecule has 0 spiro atoms.